The van der Waals surface area contributed by atoms with Crippen LogP contribution >= 0.6 is 0 Å². The molecule has 1 aliphatic carbocycles. The second-order valence-corrected chi connectivity index (χ2v) is 7.71. The zero-order chi connectivity index (χ0) is 24.8. The van der Waals surface area contributed by atoms with Crippen LogP contribution in [0.4, 0.5) is 26.2 Å². The van der Waals surface area contributed by atoms with Crippen LogP contribution in [0.5, 0.6) is 11.6 Å². The molecule has 0 radical (unpaired) electrons. The first-order chi connectivity index (χ1) is 16.9. The first kappa shape index (κ1) is 23.9. The maximum absolute atomic E-state index is 12.4. The number of ether oxygens (including phenoxy) is 2. The molecular weight excluding hydrogens is 468 g/mol. The van der Waals surface area contributed by atoms with E-state index in [0.717, 1.165) is 0 Å². The lowest BCUT2D eigenvalue weighted by Crippen LogP contribution is -2.28. The van der Waals surface area contributed by atoms with Crippen molar-refractivity contribution < 1.29 is 37.4 Å². The van der Waals surface area contributed by atoms with Gasteiger partial charge in [0.2, 0.25) is 5.88 Å². The van der Waals surface area contributed by atoms with Gasteiger partial charge in [-0.3, -0.25) is 9.59 Å². The topological polar surface area (TPSA) is 149 Å². The van der Waals surface area contributed by atoms with Crippen LogP contribution in [0.3, 0.4) is 0 Å². The molecule has 4 rings (SSSR count). The Morgan fingerprint density at radius 1 is 1.03 bits per heavy atom. The largest absolute Gasteiger partial charge is 0.481 e. The summed E-state index contributed by atoms with van der Waals surface area (Å²) in [5.74, 6) is -1.70. The molecule has 1 saturated carbocycles. The number of carbonyl (C=O) groups is 2. The molecule has 2 aromatic heterocycles. The maximum Gasteiger partial charge on any atom is 0.387 e. The van der Waals surface area contributed by atoms with E-state index in [2.05, 4.69) is 30.6 Å². The number of rotatable bonds is 9. The molecule has 184 valence electrons. The molecule has 3 N–H and O–H groups in total. The van der Waals surface area contributed by atoms with Crippen molar-refractivity contribution in [1.82, 2.24) is 15.2 Å². The Labute approximate surface area is 197 Å². The van der Waals surface area contributed by atoms with E-state index in [1.807, 2.05) is 0 Å². The second kappa shape index (κ2) is 10.8. The van der Waals surface area contributed by atoms with Gasteiger partial charge in [-0.05, 0) is 56.0 Å². The summed E-state index contributed by atoms with van der Waals surface area (Å²) in [6.45, 7) is -2.92. The summed E-state index contributed by atoms with van der Waals surface area (Å²) in [7, 11) is 0. The van der Waals surface area contributed by atoms with E-state index in [4.69, 9.17) is 14.3 Å². The quantitative estimate of drug-likeness (QED) is 0.401. The SMILES string of the molecule is O=C(Nc1ccc(OC2CCC(C(=O)O)CC2)nc1)c1nnc(Nc2ccc(OC(F)F)cc2)o1. The van der Waals surface area contributed by atoms with E-state index in [1.165, 1.54) is 30.5 Å². The van der Waals surface area contributed by atoms with Crippen LogP contribution in [0.25, 0.3) is 0 Å². The average Bonchev–Trinajstić information content (AvgIpc) is 3.30. The van der Waals surface area contributed by atoms with Crippen molar-refractivity contribution in [3.63, 3.8) is 0 Å². The summed E-state index contributed by atoms with van der Waals surface area (Å²) >= 11 is 0. The normalized spacial score (nSPS) is 17.6. The van der Waals surface area contributed by atoms with Crippen LogP contribution in [0, 0.1) is 5.92 Å². The number of alkyl halides is 2. The van der Waals surface area contributed by atoms with Gasteiger partial charge >= 0.3 is 30.4 Å². The van der Waals surface area contributed by atoms with E-state index in [1.54, 1.807) is 12.1 Å². The van der Waals surface area contributed by atoms with Crippen molar-refractivity contribution in [2.24, 2.45) is 5.92 Å². The van der Waals surface area contributed by atoms with Crippen molar-refractivity contribution in [2.45, 2.75) is 38.4 Å². The Morgan fingerprint density at radius 3 is 2.37 bits per heavy atom. The lowest BCUT2D eigenvalue weighted by atomic mass is 9.87. The lowest BCUT2D eigenvalue weighted by molar-refractivity contribution is -0.143. The van der Waals surface area contributed by atoms with Gasteiger partial charge in [0, 0.05) is 11.8 Å². The van der Waals surface area contributed by atoms with Crippen molar-refractivity contribution in [3.8, 4) is 11.6 Å². The number of aliphatic carboxylic acids is 1. The predicted octanol–water partition coefficient (Wildman–Crippen LogP) is 4.08. The van der Waals surface area contributed by atoms with Gasteiger partial charge in [0.1, 0.15) is 11.9 Å². The number of aromatic nitrogens is 3. The standard InChI is InChI=1S/C22H21F2N5O6/c23-21(24)34-16-8-3-13(4-9-16)27-22-29-28-19(35-22)18(30)26-14-5-10-17(25-11-14)33-15-6-1-12(2-7-15)20(31)32/h3-5,8-12,15,21H,1-2,6-7H2,(H,26,30)(H,27,29)(H,31,32). The molecule has 1 amide bonds. The van der Waals surface area contributed by atoms with Crippen molar-refractivity contribution in [2.75, 3.05) is 10.6 Å². The third-order valence-corrected chi connectivity index (χ3v) is 5.26. The van der Waals surface area contributed by atoms with Crippen LogP contribution in [-0.2, 0) is 4.79 Å². The zero-order valence-corrected chi connectivity index (χ0v) is 18.2. The highest BCUT2D eigenvalue weighted by atomic mass is 19.3. The number of anilines is 3. The van der Waals surface area contributed by atoms with Crippen LogP contribution in [0.2, 0.25) is 0 Å². The second-order valence-electron chi connectivity index (χ2n) is 7.71. The summed E-state index contributed by atoms with van der Waals surface area (Å²) in [6.07, 6.45) is 3.71. The van der Waals surface area contributed by atoms with Crippen LogP contribution < -0.4 is 20.1 Å². The molecule has 1 aromatic carbocycles. The minimum atomic E-state index is -2.92. The molecule has 13 heteroatoms. The molecule has 0 atom stereocenters. The van der Waals surface area contributed by atoms with E-state index in [9.17, 15) is 18.4 Å². The maximum atomic E-state index is 12.4. The van der Waals surface area contributed by atoms with E-state index >= 15 is 0 Å². The molecule has 0 aliphatic heterocycles. The van der Waals surface area contributed by atoms with Gasteiger partial charge in [-0.2, -0.15) is 8.78 Å². The molecule has 0 spiro atoms. The van der Waals surface area contributed by atoms with E-state index in [0.29, 0.717) is 42.9 Å². The number of hydrogen-bond acceptors (Lipinski definition) is 9. The Bertz CT molecular complexity index is 1150. The van der Waals surface area contributed by atoms with Crippen molar-refractivity contribution >= 4 is 29.3 Å². The average molecular weight is 489 g/mol. The first-order valence-corrected chi connectivity index (χ1v) is 10.7. The highest BCUT2D eigenvalue weighted by Gasteiger charge is 2.27. The Hall–Kier alpha value is -4.29. The lowest BCUT2D eigenvalue weighted by Gasteiger charge is -2.26. The molecule has 0 unspecified atom stereocenters. The molecule has 1 aliphatic rings. The fourth-order valence-corrected chi connectivity index (χ4v) is 3.52. The summed E-state index contributed by atoms with van der Waals surface area (Å²) < 4.78 is 39.8. The number of nitrogens with zero attached hydrogens (tertiary/aromatic N) is 3. The highest BCUT2D eigenvalue weighted by molar-refractivity contribution is 6.00. The van der Waals surface area contributed by atoms with Gasteiger partial charge in [0.15, 0.2) is 0 Å². The van der Waals surface area contributed by atoms with Gasteiger partial charge in [-0.15, -0.1) is 5.10 Å². The first-order valence-electron chi connectivity index (χ1n) is 10.7. The van der Waals surface area contributed by atoms with Crippen molar-refractivity contribution in [3.05, 3.63) is 48.5 Å². The van der Waals surface area contributed by atoms with Crippen molar-refractivity contribution in [1.29, 1.82) is 0 Å². The van der Waals surface area contributed by atoms with Crippen LogP contribution in [-0.4, -0.2) is 44.9 Å². The van der Waals surface area contributed by atoms with Gasteiger partial charge in [-0.25, -0.2) is 4.98 Å². The molecule has 11 nitrogen and oxygen atoms in total. The number of nitrogens with one attached hydrogen (secondary N) is 2. The molecule has 35 heavy (non-hydrogen) atoms. The van der Waals surface area contributed by atoms with Gasteiger partial charge in [-0.1, -0.05) is 5.10 Å². The number of carboxylic acid groups (broad SMARTS) is 1. The Morgan fingerprint density at radius 2 is 1.74 bits per heavy atom. The van der Waals surface area contributed by atoms with Crippen LogP contribution in [0.15, 0.2) is 47.0 Å². The highest BCUT2D eigenvalue weighted by Crippen LogP contribution is 2.27. The van der Waals surface area contributed by atoms with E-state index in [-0.39, 0.29) is 29.7 Å². The fraction of sp³-hybridized carbons (Fsp3) is 0.318. The predicted molar refractivity (Wildman–Crippen MR) is 117 cm³/mol. The molecular formula is C22H21F2N5O6. The Balaban J connectivity index is 1.27. The summed E-state index contributed by atoms with van der Waals surface area (Å²) in [5.41, 5.74) is 0.831. The number of benzene rings is 1. The summed E-state index contributed by atoms with van der Waals surface area (Å²) in [4.78, 5) is 27.6. The zero-order valence-electron chi connectivity index (χ0n) is 18.2. The third-order valence-electron chi connectivity index (χ3n) is 5.26. The van der Waals surface area contributed by atoms with Gasteiger partial charge in [0.25, 0.3) is 0 Å². The monoisotopic (exact) mass is 489 g/mol. The number of carboxylic acids is 1. The number of pyridine rings is 1. The third kappa shape index (κ3) is 6.62. The smallest absolute Gasteiger partial charge is 0.387 e. The number of halogens is 2. The molecule has 0 bridgehead atoms. The summed E-state index contributed by atoms with van der Waals surface area (Å²) in [6, 6.07) is 8.73. The Kier molecular flexibility index (Phi) is 7.33. The molecule has 1 fully saturated rings. The fourth-order valence-electron chi connectivity index (χ4n) is 3.52. The molecule has 0 saturated heterocycles. The van der Waals surface area contributed by atoms with Crippen LogP contribution in [0.1, 0.15) is 36.4 Å². The number of hydrogen-bond donors (Lipinski definition) is 3. The molecule has 2 heterocycles. The number of carbonyl (C=O) groups excluding carboxylic acids is 1. The van der Waals surface area contributed by atoms with Gasteiger partial charge in [0.05, 0.1) is 17.8 Å². The minimum Gasteiger partial charge on any atom is -0.481 e. The van der Waals surface area contributed by atoms with Gasteiger partial charge < -0.3 is 29.6 Å². The van der Waals surface area contributed by atoms with E-state index < -0.39 is 18.5 Å². The minimum absolute atomic E-state index is 0.00765. The molecule has 3 aromatic rings. The summed E-state index contributed by atoms with van der Waals surface area (Å²) in [5, 5.41) is 21.8. The number of amides is 1.